The summed E-state index contributed by atoms with van der Waals surface area (Å²) in [5.41, 5.74) is 1.42. The van der Waals surface area contributed by atoms with Crippen molar-refractivity contribution in [2.24, 2.45) is 0 Å². The van der Waals surface area contributed by atoms with Crippen LogP contribution in [0.2, 0.25) is 0 Å². The fourth-order valence-electron chi connectivity index (χ4n) is 2.70. The minimum Gasteiger partial charge on any atom is -0.484 e. The minimum absolute atomic E-state index is 0.141. The van der Waals surface area contributed by atoms with E-state index in [0.29, 0.717) is 16.9 Å². The number of aryl methyl sites for hydroxylation is 1. The van der Waals surface area contributed by atoms with E-state index in [1.807, 2.05) is 24.3 Å². The van der Waals surface area contributed by atoms with E-state index >= 15 is 0 Å². The SMILES string of the molecule is CCc1ccccc1OCc1nnc(-c2cc(=O)c3ccccc3o2)o1. The lowest BCUT2D eigenvalue weighted by Crippen LogP contribution is -1.99. The average Bonchev–Trinajstić information content (AvgIpc) is 3.15. The van der Waals surface area contributed by atoms with Crippen LogP contribution in [0.1, 0.15) is 18.4 Å². The molecule has 6 heteroatoms. The Labute approximate surface area is 149 Å². The zero-order valence-electron chi connectivity index (χ0n) is 14.1. The average molecular weight is 348 g/mol. The first-order valence-electron chi connectivity index (χ1n) is 8.31. The van der Waals surface area contributed by atoms with Crippen LogP contribution >= 0.6 is 0 Å². The van der Waals surface area contributed by atoms with Gasteiger partial charge in [0.05, 0.1) is 5.39 Å². The lowest BCUT2D eigenvalue weighted by atomic mass is 10.1. The van der Waals surface area contributed by atoms with Gasteiger partial charge in [-0.15, -0.1) is 10.2 Å². The molecule has 0 radical (unpaired) electrons. The van der Waals surface area contributed by atoms with Gasteiger partial charge in [-0.05, 0) is 30.2 Å². The van der Waals surface area contributed by atoms with Crippen molar-refractivity contribution in [2.45, 2.75) is 20.0 Å². The quantitative estimate of drug-likeness (QED) is 0.543. The highest BCUT2D eigenvalue weighted by molar-refractivity contribution is 5.77. The Kier molecular flexibility index (Phi) is 4.23. The van der Waals surface area contributed by atoms with Crippen LogP contribution in [-0.2, 0) is 13.0 Å². The number of aromatic nitrogens is 2. The van der Waals surface area contributed by atoms with Crippen LogP contribution in [-0.4, -0.2) is 10.2 Å². The molecule has 130 valence electrons. The van der Waals surface area contributed by atoms with E-state index < -0.39 is 0 Å². The molecule has 0 aliphatic heterocycles. The molecule has 0 amide bonds. The van der Waals surface area contributed by atoms with E-state index in [0.717, 1.165) is 17.7 Å². The maximum atomic E-state index is 12.2. The van der Waals surface area contributed by atoms with Crippen molar-refractivity contribution in [2.75, 3.05) is 0 Å². The van der Waals surface area contributed by atoms with Crippen molar-refractivity contribution in [1.29, 1.82) is 0 Å². The summed E-state index contributed by atoms with van der Waals surface area (Å²) in [5.74, 6) is 1.48. The molecule has 0 unspecified atom stereocenters. The van der Waals surface area contributed by atoms with E-state index in [9.17, 15) is 4.79 Å². The van der Waals surface area contributed by atoms with Crippen LogP contribution in [0.25, 0.3) is 22.6 Å². The Balaban J connectivity index is 1.57. The second-order valence-electron chi connectivity index (χ2n) is 5.72. The molecule has 0 N–H and O–H groups in total. The van der Waals surface area contributed by atoms with Gasteiger partial charge < -0.3 is 13.6 Å². The number of rotatable bonds is 5. The van der Waals surface area contributed by atoms with Crippen molar-refractivity contribution < 1.29 is 13.6 Å². The molecule has 0 fully saturated rings. The smallest absolute Gasteiger partial charge is 0.283 e. The lowest BCUT2D eigenvalue weighted by Gasteiger charge is -2.07. The molecular formula is C20H16N2O4. The topological polar surface area (TPSA) is 78.4 Å². The van der Waals surface area contributed by atoms with Crippen molar-refractivity contribution in [3.8, 4) is 17.4 Å². The molecule has 2 aromatic carbocycles. The molecule has 26 heavy (non-hydrogen) atoms. The summed E-state index contributed by atoms with van der Waals surface area (Å²) < 4.78 is 17.1. The van der Waals surface area contributed by atoms with Crippen molar-refractivity contribution in [3.63, 3.8) is 0 Å². The summed E-state index contributed by atoms with van der Waals surface area (Å²) in [6, 6.07) is 16.2. The summed E-state index contributed by atoms with van der Waals surface area (Å²) in [5, 5.41) is 8.44. The largest absolute Gasteiger partial charge is 0.484 e. The zero-order chi connectivity index (χ0) is 17.9. The Morgan fingerprint density at radius 1 is 1.00 bits per heavy atom. The van der Waals surface area contributed by atoms with Crippen LogP contribution < -0.4 is 10.2 Å². The van der Waals surface area contributed by atoms with Gasteiger partial charge >= 0.3 is 0 Å². The van der Waals surface area contributed by atoms with E-state index in [1.54, 1.807) is 24.3 Å². The van der Waals surface area contributed by atoms with E-state index in [-0.39, 0.29) is 23.7 Å². The maximum absolute atomic E-state index is 12.2. The molecule has 2 aromatic heterocycles. The van der Waals surface area contributed by atoms with Crippen LogP contribution in [0.3, 0.4) is 0 Å². The monoisotopic (exact) mass is 348 g/mol. The molecule has 0 atom stereocenters. The van der Waals surface area contributed by atoms with Crippen LogP contribution in [0.5, 0.6) is 5.75 Å². The summed E-state index contributed by atoms with van der Waals surface area (Å²) in [7, 11) is 0. The second-order valence-corrected chi connectivity index (χ2v) is 5.72. The van der Waals surface area contributed by atoms with E-state index in [1.165, 1.54) is 6.07 Å². The third-order valence-corrected chi connectivity index (χ3v) is 4.02. The van der Waals surface area contributed by atoms with Crippen molar-refractivity contribution in [3.05, 3.63) is 76.3 Å². The number of hydrogen-bond acceptors (Lipinski definition) is 6. The van der Waals surface area contributed by atoms with Crippen LogP contribution in [0.15, 0.2) is 68.2 Å². The second kappa shape index (κ2) is 6.84. The highest BCUT2D eigenvalue weighted by atomic mass is 16.5. The van der Waals surface area contributed by atoms with Gasteiger partial charge in [-0.3, -0.25) is 4.79 Å². The molecule has 0 aliphatic carbocycles. The number of nitrogens with zero attached hydrogens (tertiary/aromatic N) is 2. The summed E-state index contributed by atoms with van der Waals surface area (Å²) in [6.07, 6.45) is 0.869. The Bertz CT molecular complexity index is 1110. The number of hydrogen-bond donors (Lipinski definition) is 0. The lowest BCUT2D eigenvalue weighted by molar-refractivity contribution is 0.261. The molecule has 0 aliphatic rings. The highest BCUT2D eigenvalue weighted by Crippen LogP contribution is 2.23. The molecule has 4 aromatic rings. The van der Waals surface area contributed by atoms with Gasteiger partial charge in [0, 0.05) is 6.07 Å². The van der Waals surface area contributed by atoms with Gasteiger partial charge in [0.2, 0.25) is 0 Å². The van der Waals surface area contributed by atoms with Gasteiger partial charge in [0.25, 0.3) is 11.8 Å². The normalized spacial score (nSPS) is 11.0. The Morgan fingerprint density at radius 3 is 2.69 bits per heavy atom. The first kappa shape index (κ1) is 16.1. The zero-order valence-corrected chi connectivity index (χ0v) is 14.1. The van der Waals surface area contributed by atoms with Crippen LogP contribution in [0.4, 0.5) is 0 Å². The summed E-state index contributed by atoms with van der Waals surface area (Å²) >= 11 is 0. The van der Waals surface area contributed by atoms with Gasteiger partial charge in [0.15, 0.2) is 17.8 Å². The number of para-hydroxylation sites is 2. The highest BCUT2D eigenvalue weighted by Gasteiger charge is 2.14. The first-order valence-corrected chi connectivity index (χ1v) is 8.31. The van der Waals surface area contributed by atoms with Gasteiger partial charge in [-0.2, -0.15) is 0 Å². The summed E-state index contributed by atoms with van der Waals surface area (Å²) in [6.45, 7) is 2.20. The van der Waals surface area contributed by atoms with Crippen molar-refractivity contribution >= 4 is 11.0 Å². The predicted molar refractivity (Wildman–Crippen MR) is 95.9 cm³/mol. The molecule has 2 heterocycles. The predicted octanol–water partition coefficient (Wildman–Crippen LogP) is 3.98. The summed E-state index contributed by atoms with van der Waals surface area (Å²) in [4.78, 5) is 12.2. The third-order valence-electron chi connectivity index (χ3n) is 4.02. The third kappa shape index (κ3) is 3.09. The number of ether oxygens (including phenoxy) is 1. The molecule has 6 nitrogen and oxygen atoms in total. The van der Waals surface area contributed by atoms with Gasteiger partial charge in [-0.1, -0.05) is 37.3 Å². The van der Waals surface area contributed by atoms with E-state index in [2.05, 4.69) is 17.1 Å². The number of benzene rings is 2. The molecule has 0 saturated carbocycles. The fraction of sp³-hybridized carbons (Fsp3) is 0.150. The fourth-order valence-corrected chi connectivity index (χ4v) is 2.70. The van der Waals surface area contributed by atoms with Gasteiger partial charge in [-0.25, -0.2) is 0 Å². The van der Waals surface area contributed by atoms with Gasteiger partial charge in [0.1, 0.15) is 11.3 Å². The maximum Gasteiger partial charge on any atom is 0.283 e. The standard InChI is InChI=1S/C20H16N2O4/c1-2-13-7-3-5-9-16(13)24-12-19-21-22-20(26-19)18-11-15(23)14-8-4-6-10-17(14)25-18/h3-11H,2,12H2,1H3. The van der Waals surface area contributed by atoms with Crippen molar-refractivity contribution in [1.82, 2.24) is 10.2 Å². The Morgan fingerprint density at radius 2 is 1.81 bits per heavy atom. The molecule has 0 spiro atoms. The number of fused-ring (bicyclic) bond motifs is 1. The van der Waals surface area contributed by atoms with E-state index in [4.69, 9.17) is 13.6 Å². The molecule has 0 bridgehead atoms. The van der Waals surface area contributed by atoms with Crippen LogP contribution in [0, 0.1) is 0 Å². The Hall–Kier alpha value is -3.41. The first-order chi connectivity index (χ1) is 12.7. The molecule has 0 saturated heterocycles. The molecular weight excluding hydrogens is 332 g/mol. The molecule has 4 rings (SSSR count). The minimum atomic E-state index is -0.158.